The number of halogens is 3. The third kappa shape index (κ3) is 5.09. The summed E-state index contributed by atoms with van der Waals surface area (Å²) in [6.45, 7) is 0. The van der Waals surface area contributed by atoms with Gasteiger partial charge in [-0.1, -0.05) is 29.8 Å². The molecule has 0 atom stereocenters. The molecule has 1 amide bonds. The fourth-order valence-electron chi connectivity index (χ4n) is 2.67. The van der Waals surface area contributed by atoms with E-state index in [1.54, 1.807) is 36.4 Å². The van der Waals surface area contributed by atoms with E-state index in [4.69, 9.17) is 16.7 Å². The number of carbonyl (C=O) groups is 1. The predicted molar refractivity (Wildman–Crippen MR) is 107 cm³/mol. The first kappa shape index (κ1) is 20.3. The second-order valence-electron chi connectivity index (χ2n) is 6.01. The van der Waals surface area contributed by atoms with Gasteiger partial charge in [-0.3, -0.25) is 9.93 Å². The fourth-order valence-corrected chi connectivity index (χ4v) is 3.35. The Balaban J connectivity index is 1.75. The number of amides is 1. The summed E-state index contributed by atoms with van der Waals surface area (Å²) < 4.78 is 26.5. The minimum absolute atomic E-state index is 0.142. The number of benzene rings is 2. The molecule has 2 aromatic carbocycles. The molecule has 28 heavy (non-hydrogen) atoms. The fraction of sp³-hybridized carbons (Fsp3) is 0.158. The normalized spacial score (nSPS) is 11.0. The average Bonchev–Trinajstić information content (AvgIpc) is 3.11. The molecule has 0 unspecified atom stereocenters. The molecule has 5 nitrogen and oxygen atoms in total. The van der Waals surface area contributed by atoms with Gasteiger partial charge in [0.1, 0.15) is 0 Å². The average molecular weight is 423 g/mol. The maximum atomic E-state index is 12.5. The van der Waals surface area contributed by atoms with Crippen LogP contribution in [0, 0.1) is 0 Å². The Labute approximate surface area is 170 Å². The van der Waals surface area contributed by atoms with E-state index in [1.807, 2.05) is 6.07 Å². The highest BCUT2D eigenvalue weighted by Crippen LogP contribution is 2.26. The van der Waals surface area contributed by atoms with Crippen LogP contribution < -0.4 is 10.5 Å². The number of nitrogens with two attached hydrogens (primary N) is 1. The number of aromatic nitrogens is 2. The molecule has 3 aromatic rings. The van der Waals surface area contributed by atoms with E-state index < -0.39 is 6.43 Å². The van der Waals surface area contributed by atoms with Crippen molar-refractivity contribution in [2.45, 2.75) is 24.2 Å². The lowest BCUT2D eigenvalue weighted by molar-refractivity contribution is -0.115. The molecular formula is C19H17ClF2N4OS. The van der Waals surface area contributed by atoms with Crippen molar-refractivity contribution in [2.75, 3.05) is 5.32 Å². The zero-order valence-corrected chi connectivity index (χ0v) is 16.2. The monoisotopic (exact) mass is 422 g/mol. The zero-order chi connectivity index (χ0) is 20.1. The first-order valence-corrected chi connectivity index (χ1v) is 9.58. The summed E-state index contributed by atoms with van der Waals surface area (Å²) in [6, 6.07) is 12.3. The summed E-state index contributed by atoms with van der Waals surface area (Å²) in [6.07, 6.45) is 0.286. The maximum Gasteiger partial charge on any atom is 0.242 e. The number of nitrogens with one attached hydrogen (secondary N) is 1. The second-order valence-corrected chi connectivity index (χ2v) is 7.09. The van der Waals surface area contributed by atoms with Gasteiger partial charge in [0.15, 0.2) is 0 Å². The molecule has 146 valence electrons. The number of carbonyl (C=O) groups excluding carboxylic acids is 1. The van der Waals surface area contributed by atoms with Crippen molar-refractivity contribution in [1.82, 2.24) is 9.78 Å². The smallest absolute Gasteiger partial charge is 0.242 e. The van der Waals surface area contributed by atoms with Gasteiger partial charge in [0, 0.05) is 23.3 Å². The maximum absolute atomic E-state index is 12.5. The second kappa shape index (κ2) is 9.18. The summed E-state index contributed by atoms with van der Waals surface area (Å²) in [5, 5.41) is 13.2. The van der Waals surface area contributed by atoms with Crippen LogP contribution in [0.4, 0.5) is 14.5 Å². The van der Waals surface area contributed by atoms with Crippen molar-refractivity contribution in [3.63, 3.8) is 0 Å². The quantitative estimate of drug-likeness (QED) is 0.550. The summed E-state index contributed by atoms with van der Waals surface area (Å²) >= 11 is 7.06. The van der Waals surface area contributed by atoms with Crippen LogP contribution in [0.2, 0.25) is 5.02 Å². The Kier molecular flexibility index (Phi) is 6.66. The predicted octanol–water partition coefficient (Wildman–Crippen LogP) is 4.48. The Morgan fingerprint density at radius 3 is 2.79 bits per heavy atom. The van der Waals surface area contributed by atoms with Crippen LogP contribution in [0.3, 0.4) is 0 Å². The molecule has 0 radical (unpaired) electrons. The molecule has 0 aliphatic rings. The standard InChI is InChI=1S/C19H17ClF2N4OS/c20-15-4-2-1-3-13(15)8-19(27)25-14-5-6-16(17(9-14)28-23)26-11-12(10-24-26)7-18(21)22/h1-6,9-11,18H,7-8,23H2,(H,25,27). The van der Waals surface area contributed by atoms with E-state index in [9.17, 15) is 13.6 Å². The molecule has 0 saturated carbocycles. The molecule has 3 N–H and O–H groups in total. The van der Waals surface area contributed by atoms with Crippen LogP contribution in [0.15, 0.2) is 59.8 Å². The minimum Gasteiger partial charge on any atom is -0.326 e. The van der Waals surface area contributed by atoms with Gasteiger partial charge in [0.25, 0.3) is 0 Å². The van der Waals surface area contributed by atoms with Gasteiger partial charge in [-0.05, 0) is 47.3 Å². The number of hydrogen-bond donors (Lipinski definition) is 2. The van der Waals surface area contributed by atoms with Crippen molar-refractivity contribution >= 4 is 35.1 Å². The van der Waals surface area contributed by atoms with Gasteiger partial charge >= 0.3 is 0 Å². The number of alkyl halides is 2. The van der Waals surface area contributed by atoms with Crippen LogP contribution in [-0.2, 0) is 17.6 Å². The summed E-state index contributed by atoms with van der Waals surface area (Å²) in [7, 11) is 0. The molecule has 1 heterocycles. The topological polar surface area (TPSA) is 72.9 Å². The highest BCUT2D eigenvalue weighted by atomic mass is 35.5. The molecular weight excluding hydrogens is 406 g/mol. The third-order valence-electron chi connectivity index (χ3n) is 3.95. The first-order chi connectivity index (χ1) is 13.5. The molecule has 0 saturated heterocycles. The van der Waals surface area contributed by atoms with Crippen LogP contribution in [0.1, 0.15) is 11.1 Å². The molecule has 9 heteroatoms. The SMILES string of the molecule is NSc1cc(NC(=O)Cc2ccccc2Cl)ccc1-n1cc(CC(F)F)cn1. The van der Waals surface area contributed by atoms with E-state index in [0.717, 1.165) is 17.5 Å². The Morgan fingerprint density at radius 1 is 1.29 bits per heavy atom. The van der Waals surface area contributed by atoms with E-state index in [0.29, 0.717) is 26.9 Å². The van der Waals surface area contributed by atoms with Gasteiger partial charge < -0.3 is 5.32 Å². The molecule has 0 bridgehead atoms. The summed E-state index contributed by atoms with van der Waals surface area (Å²) in [5.41, 5.74) is 2.36. The lowest BCUT2D eigenvalue weighted by Gasteiger charge is -2.11. The zero-order valence-electron chi connectivity index (χ0n) is 14.6. The Bertz CT molecular complexity index is 980. The highest BCUT2D eigenvalue weighted by Gasteiger charge is 2.12. The minimum atomic E-state index is -2.43. The molecule has 0 aliphatic carbocycles. The lowest BCUT2D eigenvalue weighted by atomic mass is 10.1. The third-order valence-corrected chi connectivity index (χ3v) is 4.90. The van der Waals surface area contributed by atoms with Crippen molar-refractivity contribution in [2.24, 2.45) is 5.14 Å². The molecule has 3 rings (SSSR count). The van der Waals surface area contributed by atoms with Crippen LogP contribution in [-0.4, -0.2) is 22.1 Å². The van der Waals surface area contributed by atoms with Crippen LogP contribution in [0.25, 0.3) is 5.69 Å². The summed E-state index contributed by atoms with van der Waals surface area (Å²) in [5.74, 6) is -0.216. The van der Waals surface area contributed by atoms with Crippen molar-refractivity contribution in [3.8, 4) is 5.69 Å². The first-order valence-electron chi connectivity index (χ1n) is 8.32. The molecule has 0 spiro atoms. The van der Waals surface area contributed by atoms with Gasteiger partial charge in [-0.2, -0.15) is 5.10 Å². The van der Waals surface area contributed by atoms with Crippen molar-refractivity contribution < 1.29 is 13.6 Å². The number of rotatable bonds is 7. The van der Waals surface area contributed by atoms with Gasteiger partial charge in [0.05, 0.1) is 23.2 Å². The van der Waals surface area contributed by atoms with E-state index in [1.165, 1.54) is 17.1 Å². The number of hydrogen-bond acceptors (Lipinski definition) is 4. The van der Waals surface area contributed by atoms with Gasteiger partial charge in [-0.25, -0.2) is 13.5 Å². The van der Waals surface area contributed by atoms with Crippen LogP contribution in [0.5, 0.6) is 0 Å². The van der Waals surface area contributed by atoms with Crippen molar-refractivity contribution in [3.05, 3.63) is 71.0 Å². The highest BCUT2D eigenvalue weighted by molar-refractivity contribution is 7.97. The summed E-state index contributed by atoms with van der Waals surface area (Å²) in [4.78, 5) is 12.9. The van der Waals surface area contributed by atoms with Gasteiger partial charge in [-0.15, -0.1) is 0 Å². The number of nitrogens with zero attached hydrogens (tertiary/aromatic N) is 2. The lowest BCUT2D eigenvalue weighted by Crippen LogP contribution is -2.15. The Morgan fingerprint density at radius 2 is 2.07 bits per heavy atom. The van der Waals surface area contributed by atoms with E-state index in [2.05, 4.69) is 10.4 Å². The van der Waals surface area contributed by atoms with Crippen molar-refractivity contribution in [1.29, 1.82) is 0 Å². The molecule has 0 fully saturated rings. The van der Waals surface area contributed by atoms with E-state index >= 15 is 0 Å². The van der Waals surface area contributed by atoms with Gasteiger partial charge in [0.2, 0.25) is 12.3 Å². The number of anilines is 1. The molecule has 1 aromatic heterocycles. The molecule has 0 aliphatic heterocycles. The van der Waals surface area contributed by atoms with E-state index in [-0.39, 0.29) is 18.7 Å². The largest absolute Gasteiger partial charge is 0.326 e. The Hall–Kier alpha value is -2.42. The van der Waals surface area contributed by atoms with Crippen LogP contribution >= 0.6 is 23.5 Å².